The summed E-state index contributed by atoms with van der Waals surface area (Å²) in [5.41, 5.74) is 10.6. The van der Waals surface area contributed by atoms with Gasteiger partial charge in [-0.2, -0.15) is 0 Å². The van der Waals surface area contributed by atoms with Gasteiger partial charge in [-0.25, -0.2) is 4.79 Å². The molecule has 0 aliphatic carbocycles. The Bertz CT molecular complexity index is 1260. The normalized spacial score (nSPS) is 13.8. The van der Waals surface area contributed by atoms with Crippen molar-refractivity contribution in [1.29, 1.82) is 0 Å². The fourth-order valence-corrected chi connectivity index (χ4v) is 4.84. The molecule has 1 aliphatic heterocycles. The van der Waals surface area contributed by atoms with Gasteiger partial charge in [0, 0.05) is 44.0 Å². The molecule has 1 saturated heterocycles. The van der Waals surface area contributed by atoms with Crippen molar-refractivity contribution in [2.45, 2.75) is 32.2 Å². The van der Waals surface area contributed by atoms with Gasteiger partial charge in [0.05, 0.1) is 6.54 Å². The van der Waals surface area contributed by atoms with Crippen molar-refractivity contribution < 1.29 is 14.4 Å². The minimum absolute atomic E-state index is 0.0110. The summed E-state index contributed by atoms with van der Waals surface area (Å²) in [4.78, 5) is 42.8. The zero-order chi connectivity index (χ0) is 26.5. The van der Waals surface area contributed by atoms with E-state index in [0.29, 0.717) is 42.4 Å². The Balaban J connectivity index is 1.44. The zero-order valence-corrected chi connectivity index (χ0v) is 21.7. The van der Waals surface area contributed by atoms with E-state index >= 15 is 0 Å². The van der Waals surface area contributed by atoms with Crippen LogP contribution in [0.25, 0.3) is 0 Å². The fourth-order valence-electron chi connectivity index (χ4n) is 4.84. The summed E-state index contributed by atoms with van der Waals surface area (Å²) in [6.07, 6.45) is 1.71. The number of urea groups is 1. The van der Waals surface area contributed by atoms with Crippen LogP contribution in [0, 0.1) is 6.92 Å². The average molecular weight is 499 g/mol. The highest BCUT2D eigenvalue weighted by molar-refractivity contribution is 5.98. The molecule has 0 atom stereocenters. The molecule has 1 aliphatic rings. The molecule has 3 aromatic carbocycles. The van der Waals surface area contributed by atoms with Gasteiger partial charge < -0.3 is 15.5 Å². The summed E-state index contributed by atoms with van der Waals surface area (Å²) >= 11 is 0. The molecule has 0 bridgehead atoms. The van der Waals surface area contributed by atoms with Gasteiger partial charge in [0.15, 0.2) is 0 Å². The maximum absolute atomic E-state index is 13.4. The minimum atomic E-state index is -0.560. The Morgan fingerprint density at radius 2 is 1.51 bits per heavy atom. The fraction of sp³-hybridized carbons (Fsp3) is 0.300. The molecule has 0 radical (unpaired) electrons. The monoisotopic (exact) mass is 498 g/mol. The van der Waals surface area contributed by atoms with Crippen molar-refractivity contribution in [3.05, 3.63) is 101 Å². The van der Waals surface area contributed by atoms with Crippen molar-refractivity contribution in [3.8, 4) is 0 Å². The lowest BCUT2D eigenvalue weighted by atomic mass is 9.88. The average Bonchev–Trinajstić information content (AvgIpc) is 2.92. The highest BCUT2D eigenvalue weighted by Gasteiger charge is 2.26. The van der Waals surface area contributed by atoms with Crippen LogP contribution in [-0.2, 0) is 6.54 Å². The van der Waals surface area contributed by atoms with E-state index in [2.05, 4.69) is 0 Å². The van der Waals surface area contributed by atoms with Crippen molar-refractivity contribution in [2.24, 2.45) is 5.73 Å². The van der Waals surface area contributed by atoms with Gasteiger partial charge in [0.25, 0.3) is 11.8 Å². The van der Waals surface area contributed by atoms with Crippen LogP contribution in [0.2, 0.25) is 0 Å². The molecule has 0 spiro atoms. The summed E-state index contributed by atoms with van der Waals surface area (Å²) in [6.45, 7) is 3.54. The van der Waals surface area contributed by atoms with Gasteiger partial charge >= 0.3 is 6.03 Å². The van der Waals surface area contributed by atoms with E-state index < -0.39 is 6.03 Å². The first-order valence-electron chi connectivity index (χ1n) is 12.6. The number of hydrogen-bond donors (Lipinski definition) is 1. The number of nitrogens with zero attached hydrogens (tertiary/aromatic N) is 3. The Morgan fingerprint density at radius 3 is 2.11 bits per heavy atom. The number of primary amides is 1. The minimum Gasteiger partial charge on any atom is -0.351 e. The number of carbonyl (C=O) groups excluding carboxylic acids is 3. The molecule has 7 nitrogen and oxygen atoms in total. The number of nitrogens with two attached hydrogens (primary N) is 1. The molecule has 192 valence electrons. The largest absolute Gasteiger partial charge is 0.351 e. The van der Waals surface area contributed by atoms with Crippen LogP contribution in [0.4, 0.5) is 10.5 Å². The van der Waals surface area contributed by atoms with Gasteiger partial charge in [0.2, 0.25) is 0 Å². The van der Waals surface area contributed by atoms with Crippen molar-refractivity contribution in [1.82, 2.24) is 9.80 Å². The first-order valence-corrected chi connectivity index (χ1v) is 12.6. The number of hydrogen-bond acceptors (Lipinski definition) is 3. The smallest absolute Gasteiger partial charge is 0.319 e. The van der Waals surface area contributed by atoms with Gasteiger partial charge in [-0.15, -0.1) is 0 Å². The Hall–Kier alpha value is -4.13. The molecule has 7 heteroatoms. The van der Waals surface area contributed by atoms with Crippen LogP contribution in [0.5, 0.6) is 0 Å². The standard InChI is InChI=1S/C30H34N4O3/c1-21-9-10-26(19-27(21)34(30(31)37)20-22-7-5-4-6-8-22)29(36)33-17-15-24(16-18-33)23-11-13-25(14-12-23)28(35)32(2)3/h4-14,19,24H,15-18,20H2,1-3H3,(H2,31,37). The summed E-state index contributed by atoms with van der Waals surface area (Å²) in [5, 5.41) is 0. The van der Waals surface area contributed by atoms with Crippen LogP contribution in [0.15, 0.2) is 72.8 Å². The topological polar surface area (TPSA) is 87.0 Å². The molecular weight excluding hydrogens is 464 g/mol. The zero-order valence-electron chi connectivity index (χ0n) is 21.7. The van der Waals surface area contributed by atoms with Crippen LogP contribution >= 0.6 is 0 Å². The lowest BCUT2D eigenvalue weighted by Crippen LogP contribution is -2.38. The lowest BCUT2D eigenvalue weighted by Gasteiger charge is -2.32. The third-order valence-electron chi connectivity index (χ3n) is 7.01. The van der Waals surface area contributed by atoms with Crippen molar-refractivity contribution in [2.75, 3.05) is 32.1 Å². The van der Waals surface area contributed by atoms with Crippen LogP contribution in [-0.4, -0.2) is 54.8 Å². The molecule has 1 heterocycles. The Labute approximate surface area is 218 Å². The number of rotatable bonds is 6. The maximum Gasteiger partial charge on any atom is 0.319 e. The number of aryl methyl sites for hydroxylation is 1. The molecule has 0 saturated carbocycles. The van der Waals surface area contributed by atoms with Crippen molar-refractivity contribution >= 4 is 23.5 Å². The van der Waals surface area contributed by atoms with E-state index in [1.807, 2.05) is 78.6 Å². The molecule has 4 amide bonds. The van der Waals surface area contributed by atoms with E-state index in [4.69, 9.17) is 5.73 Å². The molecule has 37 heavy (non-hydrogen) atoms. The lowest BCUT2D eigenvalue weighted by molar-refractivity contribution is 0.0712. The molecule has 0 aromatic heterocycles. The van der Waals surface area contributed by atoms with E-state index in [1.165, 1.54) is 10.5 Å². The predicted molar refractivity (Wildman–Crippen MR) is 146 cm³/mol. The molecule has 2 N–H and O–H groups in total. The second-order valence-electron chi connectivity index (χ2n) is 9.80. The van der Waals surface area contributed by atoms with Crippen LogP contribution < -0.4 is 10.6 Å². The number of piperidine rings is 1. The van der Waals surface area contributed by atoms with Gasteiger partial charge in [-0.1, -0.05) is 48.5 Å². The van der Waals surface area contributed by atoms with Gasteiger partial charge in [-0.3, -0.25) is 14.5 Å². The molecule has 1 fully saturated rings. The van der Waals surface area contributed by atoms with Crippen LogP contribution in [0.1, 0.15) is 56.2 Å². The second-order valence-corrected chi connectivity index (χ2v) is 9.80. The molecule has 3 aromatic rings. The van der Waals surface area contributed by atoms with E-state index in [1.54, 1.807) is 25.1 Å². The van der Waals surface area contributed by atoms with Crippen LogP contribution in [0.3, 0.4) is 0 Å². The molecule has 0 unspecified atom stereocenters. The Morgan fingerprint density at radius 1 is 0.892 bits per heavy atom. The van der Waals surface area contributed by atoms with Crippen molar-refractivity contribution in [3.63, 3.8) is 0 Å². The SMILES string of the molecule is Cc1ccc(C(=O)N2CCC(c3ccc(C(=O)N(C)C)cc3)CC2)cc1N(Cc1ccccc1)C(N)=O. The third kappa shape index (κ3) is 6.00. The number of likely N-dealkylation sites (tertiary alicyclic amines) is 1. The highest BCUT2D eigenvalue weighted by Crippen LogP contribution is 2.30. The number of anilines is 1. The first-order chi connectivity index (χ1) is 17.7. The summed E-state index contributed by atoms with van der Waals surface area (Å²) in [6, 6.07) is 22.4. The maximum atomic E-state index is 13.4. The number of carbonyl (C=O) groups is 3. The summed E-state index contributed by atoms with van der Waals surface area (Å²) in [5.74, 6) is 0.288. The third-order valence-corrected chi connectivity index (χ3v) is 7.01. The quantitative estimate of drug-likeness (QED) is 0.530. The van der Waals surface area contributed by atoms with Gasteiger partial charge in [-0.05, 0) is 66.6 Å². The predicted octanol–water partition coefficient (Wildman–Crippen LogP) is 4.80. The second kappa shape index (κ2) is 11.3. The molecule has 4 rings (SSSR count). The van der Waals surface area contributed by atoms with E-state index in [0.717, 1.165) is 24.0 Å². The summed E-state index contributed by atoms with van der Waals surface area (Å²) < 4.78 is 0. The molecular formula is C30H34N4O3. The van der Waals surface area contributed by atoms with E-state index in [9.17, 15) is 14.4 Å². The number of amides is 4. The van der Waals surface area contributed by atoms with E-state index in [-0.39, 0.29) is 11.8 Å². The Kier molecular flexibility index (Phi) is 7.92. The summed E-state index contributed by atoms with van der Waals surface area (Å²) in [7, 11) is 3.49. The highest BCUT2D eigenvalue weighted by atomic mass is 16.2. The number of benzene rings is 3. The van der Waals surface area contributed by atoms with Gasteiger partial charge in [0.1, 0.15) is 0 Å². The first kappa shape index (κ1) is 25.9.